The van der Waals surface area contributed by atoms with Crippen LogP contribution < -0.4 is 0 Å². The SMILES string of the molecule is O=P(O)(O)O.[B].[Ca+2].[H-].[H-].[H-].[H-].[Mg+2]. The van der Waals surface area contributed by atoms with Crippen LogP contribution in [0.5, 0.6) is 0 Å². The molecule has 0 aromatic rings. The molecule has 0 saturated heterocycles. The van der Waals surface area contributed by atoms with Crippen molar-refractivity contribution >= 4 is 77.0 Å². The fraction of sp³-hybridized carbons (Fsp3) is 0. The fourth-order valence-corrected chi connectivity index (χ4v) is 0. The molecule has 0 atom stereocenters. The van der Waals surface area contributed by atoms with Gasteiger partial charge in [0.2, 0.25) is 0 Å². The normalized spacial score (nSPS) is 7.38. The van der Waals surface area contributed by atoms with Crippen LogP contribution in [0.25, 0.3) is 0 Å². The van der Waals surface area contributed by atoms with Crippen LogP contribution in [-0.4, -0.2) is 83.9 Å². The average Bonchev–Trinajstić information content (AvgIpc) is 0.722. The van der Waals surface area contributed by atoms with Crippen LogP contribution in [-0.2, 0) is 4.57 Å². The summed E-state index contributed by atoms with van der Waals surface area (Å²) in [7, 11) is -4.64. The minimum atomic E-state index is -4.64. The van der Waals surface area contributed by atoms with Gasteiger partial charge in [0.05, 0.1) is 0 Å². The fourth-order valence-electron chi connectivity index (χ4n) is 0. The Kier molecular flexibility index (Phi) is 25.8. The van der Waals surface area contributed by atoms with Crippen LogP contribution in [0.2, 0.25) is 0 Å². The molecule has 0 unspecified atom stereocenters. The molecule has 0 heterocycles. The zero-order valence-corrected chi connectivity index (χ0v) is 8.71. The molecule has 0 spiro atoms. The molecular weight excluding hydrogens is 170 g/mol. The van der Waals surface area contributed by atoms with Gasteiger partial charge >= 0.3 is 68.6 Å². The van der Waals surface area contributed by atoms with E-state index < -0.39 is 7.82 Å². The van der Waals surface area contributed by atoms with Gasteiger partial charge in [-0.3, -0.25) is 0 Å². The molecule has 0 fully saturated rings. The molecule has 0 aromatic heterocycles. The van der Waals surface area contributed by atoms with Crippen LogP contribution >= 0.6 is 7.82 Å². The molecule has 8 heavy (non-hydrogen) atoms. The van der Waals surface area contributed by atoms with E-state index in [1.165, 1.54) is 0 Å². The van der Waals surface area contributed by atoms with E-state index in [4.69, 9.17) is 19.2 Å². The average molecular weight is 177 g/mol. The Hall–Kier alpha value is 2.20. The van der Waals surface area contributed by atoms with Gasteiger partial charge < -0.3 is 20.4 Å². The molecule has 0 saturated carbocycles. The van der Waals surface area contributed by atoms with Gasteiger partial charge in [0.1, 0.15) is 0 Å². The van der Waals surface area contributed by atoms with Gasteiger partial charge in [-0.15, -0.1) is 0 Å². The topological polar surface area (TPSA) is 77.8 Å². The van der Waals surface area contributed by atoms with Gasteiger partial charge in [-0.05, 0) is 0 Å². The second-order valence-electron chi connectivity index (χ2n) is 0.513. The van der Waals surface area contributed by atoms with Gasteiger partial charge in [0.15, 0.2) is 0 Å². The van der Waals surface area contributed by atoms with Gasteiger partial charge in [0.25, 0.3) is 0 Å². The van der Waals surface area contributed by atoms with Crippen LogP contribution in [0, 0.1) is 0 Å². The minimum Gasteiger partial charge on any atom is -1.00 e. The van der Waals surface area contributed by atoms with Crippen molar-refractivity contribution in [2.75, 3.05) is 0 Å². The number of hydrogen-bond donors (Lipinski definition) is 3. The maximum absolute atomic E-state index is 8.88. The van der Waals surface area contributed by atoms with E-state index in [2.05, 4.69) is 0 Å². The quantitative estimate of drug-likeness (QED) is 0.307. The molecule has 0 amide bonds. The van der Waals surface area contributed by atoms with E-state index in [0.717, 1.165) is 0 Å². The maximum atomic E-state index is 8.88. The summed E-state index contributed by atoms with van der Waals surface area (Å²) in [4.78, 5) is 21.6. The minimum absolute atomic E-state index is 0. The van der Waals surface area contributed by atoms with Crippen molar-refractivity contribution in [1.29, 1.82) is 0 Å². The van der Waals surface area contributed by atoms with Crippen molar-refractivity contribution in [1.82, 2.24) is 0 Å². The first-order chi connectivity index (χ1) is 2.00. The third kappa shape index (κ3) is 87.8. The van der Waals surface area contributed by atoms with Crippen molar-refractivity contribution in [2.24, 2.45) is 0 Å². The number of hydrogen-bond acceptors (Lipinski definition) is 1. The molecule has 8 heteroatoms. The summed E-state index contributed by atoms with van der Waals surface area (Å²) in [5, 5.41) is 0. The third-order valence-electron chi connectivity index (χ3n) is 0. The van der Waals surface area contributed by atoms with Crippen LogP contribution in [0.3, 0.4) is 0 Å². The molecule has 0 aromatic carbocycles. The first-order valence-corrected chi connectivity index (χ1v) is 2.35. The second kappa shape index (κ2) is 9.20. The largest absolute Gasteiger partial charge is 2.00 e. The Bertz CT molecular complexity index is 73.2. The second-order valence-corrected chi connectivity index (χ2v) is 1.54. The van der Waals surface area contributed by atoms with Crippen molar-refractivity contribution < 1.29 is 25.0 Å². The predicted molar refractivity (Wildman–Crippen MR) is 36.0 cm³/mol. The van der Waals surface area contributed by atoms with E-state index in [0.29, 0.717) is 0 Å². The van der Waals surface area contributed by atoms with Crippen molar-refractivity contribution in [2.45, 2.75) is 0 Å². The summed E-state index contributed by atoms with van der Waals surface area (Å²) in [6, 6.07) is 0. The van der Waals surface area contributed by atoms with Gasteiger partial charge in [-0.1, -0.05) is 0 Å². The molecule has 0 aliphatic rings. The summed E-state index contributed by atoms with van der Waals surface area (Å²) >= 11 is 0. The molecule has 3 N–H and O–H groups in total. The molecule has 0 bridgehead atoms. The molecule has 4 nitrogen and oxygen atoms in total. The Morgan fingerprint density at radius 3 is 1.25 bits per heavy atom. The smallest absolute Gasteiger partial charge is 1.00 e. The number of phosphoric acid groups is 1. The van der Waals surface area contributed by atoms with Crippen LogP contribution in [0.1, 0.15) is 5.71 Å². The zero-order valence-electron chi connectivity index (χ0n) is 8.19. The van der Waals surface area contributed by atoms with Crippen molar-refractivity contribution in [3.05, 3.63) is 0 Å². The maximum Gasteiger partial charge on any atom is 2.00 e. The molecule has 0 aliphatic carbocycles. The molecule has 0 aliphatic heterocycles. The predicted octanol–water partition coefficient (Wildman–Crippen LogP) is -1.62. The van der Waals surface area contributed by atoms with E-state index >= 15 is 0 Å². The van der Waals surface area contributed by atoms with Gasteiger partial charge in [-0.2, -0.15) is 0 Å². The van der Waals surface area contributed by atoms with Gasteiger partial charge in [-0.25, -0.2) is 4.57 Å². The van der Waals surface area contributed by atoms with E-state index in [9.17, 15) is 0 Å². The zero-order chi connectivity index (χ0) is 4.50. The first-order valence-electron chi connectivity index (χ1n) is 0.783. The van der Waals surface area contributed by atoms with E-state index in [-0.39, 0.29) is 74.9 Å². The Morgan fingerprint density at radius 2 is 1.25 bits per heavy atom. The van der Waals surface area contributed by atoms with Crippen LogP contribution in [0.4, 0.5) is 0 Å². The summed E-state index contributed by atoms with van der Waals surface area (Å²) in [5.41, 5.74) is 0. The summed E-state index contributed by atoms with van der Waals surface area (Å²) in [6.07, 6.45) is 0. The molecule has 43 valence electrons. The summed E-state index contributed by atoms with van der Waals surface area (Å²) in [5.74, 6) is 0. The number of rotatable bonds is 0. The molecule has 3 radical (unpaired) electrons. The van der Waals surface area contributed by atoms with Crippen molar-refractivity contribution in [3.63, 3.8) is 0 Å². The van der Waals surface area contributed by atoms with E-state index in [1.807, 2.05) is 0 Å². The summed E-state index contributed by atoms with van der Waals surface area (Å²) < 4.78 is 8.88. The standard InChI is InChI=1S/B.Ca.Mg.H3O4P.4H/c;;;1-5(2,3)4;;;;/h;;;(H3,1,2,3,4);;;;/q;2*+2;;4*-1. The van der Waals surface area contributed by atoms with Gasteiger partial charge in [0, 0.05) is 8.41 Å². The molecular formula is H7BCaMgO4P. The monoisotopic (exact) mass is 177 g/mol. The Morgan fingerprint density at radius 1 is 1.25 bits per heavy atom. The van der Waals surface area contributed by atoms with Crippen LogP contribution in [0.15, 0.2) is 0 Å². The Labute approximate surface area is 101 Å². The first kappa shape index (κ1) is 22.5. The van der Waals surface area contributed by atoms with E-state index in [1.54, 1.807) is 0 Å². The third-order valence-corrected chi connectivity index (χ3v) is 0. The molecule has 0 rings (SSSR count). The summed E-state index contributed by atoms with van der Waals surface area (Å²) in [6.45, 7) is 0. The Balaban J connectivity index is -0.00000000381. The van der Waals surface area contributed by atoms with Crippen molar-refractivity contribution in [3.8, 4) is 0 Å².